The summed E-state index contributed by atoms with van der Waals surface area (Å²) in [4.78, 5) is 0. The van der Waals surface area contributed by atoms with Crippen LogP contribution in [0, 0.1) is 5.82 Å². The van der Waals surface area contributed by atoms with Crippen LogP contribution in [0.25, 0.3) is 0 Å². The zero-order valence-electron chi connectivity index (χ0n) is 7.61. The van der Waals surface area contributed by atoms with Gasteiger partial charge < -0.3 is 19.4 Å². The van der Waals surface area contributed by atoms with E-state index in [2.05, 4.69) is 4.65 Å². The Morgan fingerprint density at radius 3 is 2.71 bits per heavy atom. The van der Waals surface area contributed by atoms with Gasteiger partial charge in [0.25, 0.3) is 0 Å². The quantitative estimate of drug-likeness (QED) is 0.697. The van der Waals surface area contributed by atoms with Crippen LogP contribution < -0.4 is 9.39 Å². The lowest BCUT2D eigenvalue weighted by atomic mass is 10.2. The van der Waals surface area contributed by atoms with Gasteiger partial charge in [-0.1, -0.05) is 6.07 Å². The first-order chi connectivity index (χ1) is 6.65. The van der Waals surface area contributed by atoms with Gasteiger partial charge in [-0.2, -0.15) is 0 Å². The largest absolute Gasteiger partial charge is 0.707 e. The molecule has 4 nitrogen and oxygen atoms in total. The van der Waals surface area contributed by atoms with Gasteiger partial charge in [0.1, 0.15) is 0 Å². The molecule has 0 saturated carbocycles. The molecule has 0 aromatic heterocycles. The number of halogens is 1. The smallest absolute Gasteiger partial charge is 0.507 e. The van der Waals surface area contributed by atoms with E-state index >= 15 is 0 Å². The average molecular weight is 200 g/mol. The summed E-state index contributed by atoms with van der Waals surface area (Å²) in [6, 6.07) is 4.06. The van der Waals surface area contributed by atoms with E-state index in [0.717, 1.165) is 6.07 Å². The van der Waals surface area contributed by atoms with E-state index in [0.29, 0.717) is 6.61 Å². The lowest BCUT2D eigenvalue weighted by Crippen LogP contribution is -2.21. The maximum atomic E-state index is 13.1. The Labute approximate surface area is 81.1 Å². The molecule has 0 spiro atoms. The van der Waals surface area contributed by atoms with Gasteiger partial charge in [-0.05, 0) is 19.1 Å². The first-order valence-electron chi connectivity index (χ1n) is 4.09. The fourth-order valence-corrected chi connectivity index (χ4v) is 0.978. The molecule has 0 bridgehead atoms. The fourth-order valence-electron chi connectivity index (χ4n) is 0.978. The lowest BCUT2D eigenvalue weighted by Gasteiger charge is -2.11. The maximum absolute atomic E-state index is 13.1. The molecule has 0 atom stereocenters. The monoisotopic (exact) mass is 200 g/mol. The molecular formula is C8H10BFO4. The number of hydrogen-bond acceptors (Lipinski definition) is 4. The van der Waals surface area contributed by atoms with Gasteiger partial charge >= 0.3 is 7.32 Å². The van der Waals surface area contributed by atoms with Crippen molar-refractivity contribution in [3.05, 3.63) is 24.0 Å². The van der Waals surface area contributed by atoms with Gasteiger partial charge in [-0.25, -0.2) is 4.39 Å². The predicted octanol–water partition coefficient (Wildman–Crippen LogP) is 0.573. The standard InChI is InChI=1S/C8H10BFO4/c1-2-13-7-5-3-4-6(10)8(7)14-9(11)12/h3-5,11-12H,2H2,1H3. The predicted molar refractivity (Wildman–Crippen MR) is 48.4 cm³/mol. The van der Waals surface area contributed by atoms with Crippen molar-refractivity contribution in [2.75, 3.05) is 6.61 Å². The molecule has 0 radical (unpaired) electrons. The van der Waals surface area contributed by atoms with Crippen LogP contribution in [0.3, 0.4) is 0 Å². The van der Waals surface area contributed by atoms with Crippen LogP contribution in [-0.2, 0) is 0 Å². The minimum Gasteiger partial charge on any atom is -0.507 e. The van der Waals surface area contributed by atoms with Crippen LogP contribution in [0.5, 0.6) is 11.5 Å². The van der Waals surface area contributed by atoms with Crippen molar-refractivity contribution < 1.29 is 23.8 Å². The van der Waals surface area contributed by atoms with Crippen molar-refractivity contribution in [1.82, 2.24) is 0 Å². The van der Waals surface area contributed by atoms with Crippen LogP contribution in [0.4, 0.5) is 4.39 Å². The Morgan fingerprint density at radius 1 is 1.43 bits per heavy atom. The topological polar surface area (TPSA) is 58.9 Å². The van der Waals surface area contributed by atoms with Crippen LogP contribution in [0.2, 0.25) is 0 Å². The summed E-state index contributed by atoms with van der Waals surface area (Å²) >= 11 is 0. The molecule has 1 aromatic rings. The molecule has 1 rings (SSSR count). The second kappa shape index (κ2) is 4.83. The average Bonchev–Trinajstić information content (AvgIpc) is 2.11. The summed E-state index contributed by atoms with van der Waals surface area (Å²) in [6.07, 6.45) is 0. The normalized spacial score (nSPS) is 9.71. The number of para-hydroxylation sites is 1. The third kappa shape index (κ3) is 2.61. The number of hydrogen-bond donors (Lipinski definition) is 2. The number of rotatable bonds is 4. The Morgan fingerprint density at radius 2 is 2.14 bits per heavy atom. The van der Waals surface area contributed by atoms with Crippen LogP contribution in [0.1, 0.15) is 6.92 Å². The van der Waals surface area contributed by atoms with Crippen molar-refractivity contribution >= 4 is 7.32 Å². The highest BCUT2D eigenvalue weighted by atomic mass is 19.1. The van der Waals surface area contributed by atoms with E-state index in [1.54, 1.807) is 6.92 Å². The Bertz CT molecular complexity index is 305. The molecule has 0 aliphatic heterocycles. The molecule has 14 heavy (non-hydrogen) atoms. The Balaban J connectivity index is 2.96. The minimum absolute atomic E-state index is 0.139. The second-order valence-electron chi connectivity index (χ2n) is 2.44. The number of ether oxygens (including phenoxy) is 1. The van der Waals surface area contributed by atoms with E-state index in [1.165, 1.54) is 12.1 Å². The molecule has 0 fully saturated rings. The van der Waals surface area contributed by atoms with Crippen molar-refractivity contribution in [3.63, 3.8) is 0 Å². The highest BCUT2D eigenvalue weighted by molar-refractivity contribution is 6.33. The van der Waals surface area contributed by atoms with E-state index in [1.807, 2.05) is 0 Å². The molecule has 0 amide bonds. The highest BCUT2D eigenvalue weighted by Crippen LogP contribution is 2.29. The lowest BCUT2D eigenvalue weighted by molar-refractivity contribution is 0.264. The van der Waals surface area contributed by atoms with Crippen LogP contribution in [-0.4, -0.2) is 24.0 Å². The van der Waals surface area contributed by atoms with Crippen molar-refractivity contribution in [3.8, 4) is 11.5 Å². The molecule has 1 aromatic carbocycles. The number of benzene rings is 1. The van der Waals surface area contributed by atoms with Gasteiger partial charge in [0.15, 0.2) is 17.3 Å². The summed E-state index contributed by atoms with van der Waals surface area (Å²) in [7, 11) is -2.06. The molecule has 76 valence electrons. The van der Waals surface area contributed by atoms with Crippen molar-refractivity contribution in [2.45, 2.75) is 6.92 Å². The van der Waals surface area contributed by atoms with E-state index in [-0.39, 0.29) is 11.5 Å². The fraction of sp³-hybridized carbons (Fsp3) is 0.250. The van der Waals surface area contributed by atoms with Crippen molar-refractivity contribution in [1.29, 1.82) is 0 Å². The molecule has 6 heteroatoms. The summed E-state index contributed by atoms with van der Waals surface area (Å²) in [5, 5.41) is 17.1. The molecular weight excluding hydrogens is 190 g/mol. The summed E-state index contributed by atoms with van der Waals surface area (Å²) < 4.78 is 22.6. The van der Waals surface area contributed by atoms with Gasteiger partial charge in [-0.15, -0.1) is 0 Å². The Kier molecular flexibility index (Phi) is 3.73. The van der Waals surface area contributed by atoms with Gasteiger partial charge in [0.05, 0.1) is 6.61 Å². The molecule has 0 unspecified atom stereocenters. The zero-order valence-corrected chi connectivity index (χ0v) is 7.61. The van der Waals surface area contributed by atoms with Gasteiger partial charge in [0, 0.05) is 0 Å². The van der Waals surface area contributed by atoms with E-state index in [4.69, 9.17) is 14.8 Å². The van der Waals surface area contributed by atoms with Crippen molar-refractivity contribution in [2.24, 2.45) is 0 Å². The molecule has 0 aliphatic carbocycles. The first-order valence-corrected chi connectivity index (χ1v) is 4.09. The Hall–Kier alpha value is -1.27. The molecule has 0 aliphatic rings. The second-order valence-corrected chi connectivity index (χ2v) is 2.44. The molecule has 0 saturated heterocycles. The third-order valence-electron chi connectivity index (χ3n) is 1.45. The highest BCUT2D eigenvalue weighted by Gasteiger charge is 2.18. The summed E-state index contributed by atoms with van der Waals surface area (Å²) in [5.74, 6) is -0.867. The SMILES string of the molecule is CCOc1cccc(F)c1OB(O)O. The van der Waals surface area contributed by atoms with Crippen LogP contribution in [0.15, 0.2) is 18.2 Å². The van der Waals surface area contributed by atoms with Gasteiger partial charge in [0.2, 0.25) is 0 Å². The summed E-state index contributed by atoms with van der Waals surface area (Å²) in [5.41, 5.74) is 0. The zero-order chi connectivity index (χ0) is 10.6. The third-order valence-corrected chi connectivity index (χ3v) is 1.45. The summed E-state index contributed by atoms with van der Waals surface area (Å²) in [6.45, 7) is 2.06. The van der Waals surface area contributed by atoms with E-state index < -0.39 is 13.1 Å². The minimum atomic E-state index is -2.06. The molecule has 2 N–H and O–H groups in total. The first kappa shape index (κ1) is 10.8. The van der Waals surface area contributed by atoms with E-state index in [9.17, 15) is 4.39 Å². The maximum Gasteiger partial charge on any atom is 0.707 e. The molecule has 0 heterocycles. The van der Waals surface area contributed by atoms with Crippen LogP contribution >= 0.6 is 0 Å². The van der Waals surface area contributed by atoms with Gasteiger partial charge in [-0.3, -0.25) is 0 Å².